The van der Waals surface area contributed by atoms with Crippen LogP contribution in [0.1, 0.15) is 10.4 Å². The third-order valence-electron chi connectivity index (χ3n) is 2.87. The number of hydrogen-bond donors (Lipinski definition) is 4. The summed E-state index contributed by atoms with van der Waals surface area (Å²) >= 11 is 3.72. The maximum atomic E-state index is 11.8. The van der Waals surface area contributed by atoms with E-state index in [1.54, 1.807) is 0 Å². The molecule has 2 amide bonds. The number of carboxylic acid groups (broad SMARTS) is 1. The number of benzene rings is 1. The minimum atomic E-state index is -1.13. The van der Waals surface area contributed by atoms with E-state index in [2.05, 4.69) is 10.6 Å². The Balaban J connectivity index is 1.85. The average molecular weight is 328 g/mol. The number of rotatable bonds is 4. The Hall–Kier alpha value is -1.54. The van der Waals surface area contributed by atoms with Gasteiger partial charge in [0.05, 0.1) is 11.3 Å². The molecule has 0 radical (unpaired) electrons. The van der Waals surface area contributed by atoms with Gasteiger partial charge in [-0.3, -0.25) is 0 Å². The Kier molecular flexibility index (Phi) is 5.63. The summed E-state index contributed by atoms with van der Waals surface area (Å²) in [7, 11) is 0. The molecule has 1 atom stereocenters. The van der Waals surface area contributed by atoms with Crippen molar-refractivity contribution in [3.8, 4) is 5.75 Å². The van der Waals surface area contributed by atoms with Gasteiger partial charge in [-0.2, -0.15) is 23.5 Å². The molecule has 0 aliphatic carbocycles. The van der Waals surface area contributed by atoms with E-state index < -0.39 is 12.0 Å². The molecular formula is C13H16N2O4S2. The molecule has 6 nitrogen and oxygen atoms in total. The zero-order chi connectivity index (χ0) is 15.2. The van der Waals surface area contributed by atoms with Crippen LogP contribution in [0.2, 0.25) is 0 Å². The van der Waals surface area contributed by atoms with Gasteiger partial charge in [0.1, 0.15) is 5.75 Å². The summed E-state index contributed by atoms with van der Waals surface area (Å²) in [4.78, 5) is 22.5. The molecule has 0 aromatic heterocycles. The molecule has 21 heavy (non-hydrogen) atoms. The molecule has 1 aromatic carbocycles. The topological polar surface area (TPSA) is 98.7 Å². The number of carbonyl (C=O) groups is 2. The summed E-state index contributed by atoms with van der Waals surface area (Å²) in [5, 5.41) is 24.1. The van der Waals surface area contributed by atoms with Crippen LogP contribution in [0.5, 0.6) is 5.75 Å². The molecule has 4 N–H and O–H groups in total. The van der Waals surface area contributed by atoms with Crippen LogP contribution in [-0.2, 0) is 0 Å². The number of hydrogen-bond acceptors (Lipinski definition) is 5. The van der Waals surface area contributed by atoms with Crippen LogP contribution in [0.25, 0.3) is 0 Å². The first-order chi connectivity index (χ1) is 10.1. The molecule has 1 aliphatic heterocycles. The third-order valence-corrected chi connectivity index (χ3v) is 5.71. The van der Waals surface area contributed by atoms with Gasteiger partial charge in [0, 0.05) is 29.1 Å². The van der Waals surface area contributed by atoms with Gasteiger partial charge in [0.2, 0.25) is 0 Å². The van der Waals surface area contributed by atoms with Crippen molar-refractivity contribution >= 4 is 41.2 Å². The Bertz CT molecular complexity index is 533. The number of urea groups is 1. The van der Waals surface area contributed by atoms with Crippen LogP contribution in [-0.4, -0.2) is 51.3 Å². The first-order valence-corrected chi connectivity index (χ1v) is 8.57. The van der Waals surface area contributed by atoms with Crippen LogP contribution < -0.4 is 10.6 Å². The highest BCUT2D eigenvalue weighted by Crippen LogP contribution is 2.25. The van der Waals surface area contributed by atoms with E-state index in [9.17, 15) is 14.7 Å². The lowest BCUT2D eigenvalue weighted by Crippen LogP contribution is -2.36. The van der Waals surface area contributed by atoms with Crippen LogP contribution in [0.15, 0.2) is 18.2 Å². The minimum absolute atomic E-state index is 0.0333. The lowest BCUT2D eigenvalue weighted by Gasteiger charge is -2.21. The first kappa shape index (κ1) is 15.8. The largest absolute Gasteiger partial charge is 0.506 e. The molecular weight excluding hydrogens is 312 g/mol. The quantitative estimate of drug-likeness (QED) is 0.632. The standard InChI is InChI=1S/C13H16N2O4S2/c16-11-5-8(12(17)18)1-2-10(11)15-13(19)14-6-9-7-20-3-4-21-9/h1-2,5,9,16H,3-4,6-7H2,(H,17,18)(H2,14,15,19). The van der Waals surface area contributed by atoms with E-state index in [4.69, 9.17) is 5.11 Å². The van der Waals surface area contributed by atoms with Crippen LogP contribution in [0.3, 0.4) is 0 Å². The summed E-state index contributed by atoms with van der Waals surface area (Å²) in [6.07, 6.45) is 0. The normalized spacial score (nSPS) is 18.0. The van der Waals surface area contributed by atoms with E-state index in [1.807, 2.05) is 23.5 Å². The van der Waals surface area contributed by atoms with Crippen molar-refractivity contribution in [2.24, 2.45) is 0 Å². The van der Waals surface area contributed by atoms with E-state index in [0.717, 1.165) is 23.3 Å². The average Bonchev–Trinajstić information content (AvgIpc) is 2.48. The predicted octanol–water partition coefficient (Wildman–Crippen LogP) is 2.06. The maximum absolute atomic E-state index is 11.8. The second kappa shape index (κ2) is 7.46. The summed E-state index contributed by atoms with van der Waals surface area (Å²) in [5.41, 5.74) is 0.150. The Morgan fingerprint density at radius 2 is 2.14 bits per heavy atom. The molecule has 0 spiro atoms. The van der Waals surface area contributed by atoms with E-state index in [0.29, 0.717) is 11.8 Å². The molecule has 2 rings (SSSR count). The highest BCUT2D eigenvalue weighted by Gasteiger charge is 2.16. The van der Waals surface area contributed by atoms with Crippen molar-refractivity contribution in [2.45, 2.75) is 5.25 Å². The second-order valence-electron chi connectivity index (χ2n) is 4.44. The Morgan fingerprint density at radius 1 is 1.33 bits per heavy atom. The Morgan fingerprint density at radius 3 is 2.76 bits per heavy atom. The molecule has 1 heterocycles. The number of nitrogens with one attached hydrogen (secondary N) is 2. The molecule has 1 aromatic rings. The van der Waals surface area contributed by atoms with E-state index >= 15 is 0 Å². The van der Waals surface area contributed by atoms with Gasteiger partial charge in [-0.25, -0.2) is 9.59 Å². The predicted molar refractivity (Wildman–Crippen MR) is 85.7 cm³/mol. The van der Waals surface area contributed by atoms with Crippen LogP contribution in [0, 0.1) is 0 Å². The van der Waals surface area contributed by atoms with E-state index in [-0.39, 0.29) is 17.0 Å². The van der Waals surface area contributed by atoms with Gasteiger partial charge in [0.15, 0.2) is 0 Å². The lowest BCUT2D eigenvalue weighted by molar-refractivity contribution is 0.0696. The number of carbonyl (C=O) groups excluding carboxylic acids is 1. The number of aromatic carboxylic acids is 1. The van der Waals surface area contributed by atoms with Crippen molar-refractivity contribution in [2.75, 3.05) is 29.1 Å². The van der Waals surface area contributed by atoms with Crippen LogP contribution >= 0.6 is 23.5 Å². The fourth-order valence-corrected chi connectivity index (χ4v) is 4.41. The summed E-state index contributed by atoms with van der Waals surface area (Å²) in [5.74, 6) is 1.86. The van der Waals surface area contributed by atoms with Gasteiger partial charge in [-0.1, -0.05) is 0 Å². The smallest absolute Gasteiger partial charge is 0.335 e. The Labute approximate surface area is 130 Å². The highest BCUT2D eigenvalue weighted by molar-refractivity contribution is 8.06. The number of aromatic hydroxyl groups is 1. The fourth-order valence-electron chi connectivity index (χ4n) is 1.80. The van der Waals surface area contributed by atoms with Gasteiger partial charge in [-0.05, 0) is 18.2 Å². The lowest BCUT2D eigenvalue weighted by atomic mass is 10.2. The minimum Gasteiger partial charge on any atom is -0.506 e. The number of phenols is 1. The SMILES string of the molecule is O=C(NCC1CSCCS1)Nc1ccc(C(=O)O)cc1O. The van der Waals surface area contributed by atoms with Gasteiger partial charge in [-0.15, -0.1) is 0 Å². The van der Waals surface area contributed by atoms with Gasteiger partial charge in [0.25, 0.3) is 0 Å². The second-order valence-corrected chi connectivity index (χ2v) is 7.00. The molecule has 1 aliphatic rings. The highest BCUT2D eigenvalue weighted by atomic mass is 32.2. The van der Waals surface area contributed by atoms with E-state index in [1.165, 1.54) is 12.1 Å². The zero-order valence-corrected chi connectivity index (χ0v) is 12.8. The summed E-state index contributed by atoms with van der Waals surface area (Å²) < 4.78 is 0. The molecule has 0 bridgehead atoms. The molecule has 1 fully saturated rings. The molecule has 1 saturated heterocycles. The van der Waals surface area contributed by atoms with Crippen molar-refractivity contribution in [1.82, 2.24) is 5.32 Å². The molecule has 1 unspecified atom stereocenters. The zero-order valence-electron chi connectivity index (χ0n) is 11.2. The number of thioether (sulfide) groups is 2. The monoisotopic (exact) mass is 328 g/mol. The number of amides is 2. The number of phenolic OH excluding ortho intramolecular Hbond substituents is 1. The molecule has 0 saturated carbocycles. The van der Waals surface area contributed by atoms with Crippen molar-refractivity contribution in [3.05, 3.63) is 23.8 Å². The van der Waals surface area contributed by atoms with Crippen molar-refractivity contribution in [1.29, 1.82) is 0 Å². The van der Waals surface area contributed by atoms with Gasteiger partial charge < -0.3 is 20.8 Å². The maximum Gasteiger partial charge on any atom is 0.335 e. The van der Waals surface area contributed by atoms with Crippen LogP contribution in [0.4, 0.5) is 10.5 Å². The number of carboxylic acids is 1. The molecule has 114 valence electrons. The van der Waals surface area contributed by atoms with Gasteiger partial charge >= 0.3 is 12.0 Å². The first-order valence-electron chi connectivity index (χ1n) is 6.37. The summed E-state index contributed by atoms with van der Waals surface area (Å²) in [6, 6.07) is 3.38. The molecule has 8 heteroatoms. The van der Waals surface area contributed by atoms with Crippen molar-refractivity contribution in [3.63, 3.8) is 0 Å². The summed E-state index contributed by atoms with van der Waals surface area (Å²) in [6.45, 7) is 0.567. The fraction of sp³-hybridized carbons (Fsp3) is 0.385. The third kappa shape index (κ3) is 4.75. The number of anilines is 1. The van der Waals surface area contributed by atoms with Crippen molar-refractivity contribution < 1.29 is 19.8 Å².